The lowest BCUT2D eigenvalue weighted by Gasteiger charge is -2.27. The van der Waals surface area contributed by atoms with Gasteiger partial charge in [0.2, 0.25) is 5.88 Å². The SMILES string of the molecule is Oc1c(N=Nc2ccccc2)c2cc(Cl)ccc2n1C1CSC1. The number of benzene rings is 2. The minimum atomic E-state index is 0.159. The Bertz CT molecular complexity index is 888. The number of halogens is 1. The molecule has 1 N–H and O–H groups in total. The maximum absolute atomic E-state index is 10.7. The van der Waals surface area contributed by atoms with E-state index in [-0.39, 0.29) is 5.88 Å². The van der Waals surface area contributed by atoms with Crippen molar-refractivity contribution < 1.29 is 5.11 Å². The molecule has 2 heterocycles. The molecule has 2 aromatic carbocycles. The Morgan fingerprint density at radius 1 is 1.09 bits per heavy atom. The van der Waals surface area contributed by atoms with Crippen molar-refractivity contribution in [3.05, 3.63) is 53.6 Å². The molecule has 23 heavy (non-hydrogen) atoms. The molecule has 0 spiro atoms. The summed E-state index contributed by atoms with van der Waals surface area (Å²) in [7, 11) is 0. The second kappa shape index (κ2) is 5.91. The van der Waals surface area contributed by atoms with Crippen molar-refractivity contribution in [1.82, 2.24) is 4.57 Å². The monoisotopic (exact) mass is 343 g/mol. The summed E-state index contributed by atoms with van der Waals surface area (Å²) in [6, 6.07) is 15.4. The molecule has 0 saturated carbocycles. The van der Waals surface area contributed by atoms with Gasteiger partial charge >= 0.3 is 0 Å². The second-order valence-electron chi connectivity index (χ2n) is 5.43. The van der Waals surface area contributed by atoms with Crippen LogP contribution in [-0.4, -0.2) is 21.2 Å². The van der Waals surface area contributed by atoms with Crippen LogP contribution in [0.3, 0.4) is 0 Å². The first-order chi connectivity index (χ1) is 11.2. The fourth-order valence-electron chi connectivity index (χ4n) is 2.70. The molecule has 0 bridgehead atoms. The van der Waals surface area contributed by atoms with Crippen molar-refractivity contribution in [1.29, 1.82) is 0 Å². The molecule has 3 aromatic rings. The lowest BCUT2D eigenvalue weighted by atomic mass is 10.2. The van der Waals surface area contributed by atoms with Crippen LogP contribution in [0.5, 0.6) is 5.88 Å². The first-order valence-electron chi connectivity index (χ1n) is 7.31. The molecule has 1 saturated heterocycles. The zero-order valence-corrected chi connectivity index (χ0v) is 13.8. The minimum Gasteiger partial charge on any atom is -0.493 e. The van der Waals surface area contributed by atoms with Crippen LogP contribution in [0, 0.1) is 0 Å². The summed E-state index contributed by atoms with van der Waals surface area (Å²) in [6.45, 7) is 0. The number of hydrogen-bond donors (Lipinski definition) is 1. The quantitative estimate of drug-likeness (QED) is 0.620. The van der Waals surface area contributed by atoms with E-state index >= 15 is 0 Å². The van der Waals surface area contributed by atoms with Gasteiger partial charge in [0.1, 0.15) is 0 Å². The first kappa shape index (κ1) is 14.6. The Balaban J connectivity index is 1.86. The van der Waals surface area contributed by atoms with Crippen LogP contribution in [0.1, 0.15) is 6.04 Å². The van der Waals surface area contributed by atoms with Gasteiger partial charge in [-0.15, -0.1) is 5.11 Å². The Hall–Kier alpha value is -1.98. The highest BCUT2D eigenvalue weighted by molar-refractivity contribution is 8.00. The second-order valence-corrected chi connectivity index (χ2v) is 6.94. The van der Waals surface area contributed by atoms with Crippen LogP contribution < -0.4 is 0 Å². The first-order valence-corrected chi connectivity index (χ1v) is 8.84. The van der Waals surface area contributed by atoms with Crippen molar-refractivity contribution >= 4 is 45.6 Å². The highest BCUT2D eigenvalue weighted by Gasteiger charge is 2.27. The third-order valence-corrected chi connectivity index (χ3v) is 5.40. The molecular weight excluding hydrogens is 330 g/mol. The number of fused-ring (bicyclic) bond motifs is 1. The largest absolute Gasteiger partial charge is 0.493 e. The average molecular weight is 344 g/mol. The van der Waals surface area contributed by atoms with Gasteiger partial charge in [-0.3, -0.25) is 0 Å². The smallest absolute Gasteiger partial charge is 0.221 e. The molecule has 1 fully saturated rings. The Morgan fingerprint density at radius 3 is 2.57 bits per heavy atom. The third-order valence-electron chi connectivity index (χ3n) is 3.92. The average Bonchev–Trinajstić information content (AvgIpc) is 2.77. The van der Waals surface area contributed by atoms with Gasteiger partial charge in [0.05, 0.1) is 17.2 Å². The van der Waals surface area contributed by atoms with Crippen molar-refractivity contribution in [3.63, 3.8) is 0 Å². The van der Waals surface area contributed by atoms with E-state index in [2.05, 4.69) is 10.2 Å². The van der Waals surface area contributed by atoms with E-state index in [0.717, 1.165) is 28.1 Å². The van der Waals surface area contributed by atoms with Crippen LogP contribution in [0.4, 0.5) is 11.4 Å². The van der Waals surface area contributed by atoms with Gasteiger partial charge in [-0.25, -0.2) is 0 Å². The summed E-state index contributed by atoms with van der Waals surface area (Å²) in [5, 5.41) is 20.7. The van der Waals surface area contributed by atoms with Gasteiger partial charge in [0.25, 0.3) is 0 Å². The maximum atomic E-state index is 10.7. The van der Waals surface area contributed by atoms with Crippen LogP contribution >= 0.6 is 23.4 Å². The number of hydrogen-bond acceptors (Lipinski definition) is 4. The number of aromatic nitrogens is 1. The topological polar surface area (TPSA) is 49.9 Å². The molecule has 0 aliphatic carbocycles. The van der Waals surface area contributed by atoms with Gasteiger partial charge in [-0.05, 0) is 30.3 Å². The van der Waals surface area contributed by atoms with Crippen LogP contribution in [0.15, 0.2) is 58.8 Å². The molecule has 0 atom stereocenters. The van der Waals surface area contributed by atoms with E-state index in [1.54, 1.807) is 0 Å². The van der Waals surface area contributed by atoms with Crippen molar-refractivity contribution in [2.75, 3.05) is 11.5 Å². The summed E-state index contributed by atoms with van der Waals surface area (Å²) in [5.74, 6) is 2.15. The number of azo groups is 1. The van der Waals surface area contributed by atoms with Gasteiger partial charge in [0, 0.05) is 21.9 Å². The fraction of sp³-hybridized carbons (Fsp3) is 0.176. The van der Waals surface area contributed by atoms with Crippen molar-refractivity contribution in [2.24, 2.45) is 10.2 Å². The third kappa shape index (κ3) is 2.60. The molecule has 0 amide bonds. The van der Waals surface area contributed by atoms with E-state index in [9.17, 15) is 5.11 Å². The standard InChI is InChI=1S/C17H14ClN3OS/c18-11-6-7-15-14(8-11)16(17(22)21(15)13-9-23-10-13)20-19-12-4-2-1-3-5-12/h1-8,13,22H,9-10H2. The predicted molar refractivity (Wildman–Crippen MR) is 95.6 cm³/mol. The summed E-state index contributed by atoms with van der Waals surface area (Å²) in [6.07, 6.45) is 0. The number of nitrogens with zero attached hydrogens (tertiary/aromatic N) is 3. The number of thioether (sulfide) groups is 1. The van der Waals surface area contributed by atoms with E-state index in [1.165, 1.54) is 0 Å². The highest BCUT2D eigenvalue weighted by Crippen LogP contribution is 2.45. The van der Waals surface area contributed by atoms with Crippen LogP contribution in [0.2, 0.25) is 5.02 Å². The summed E-state index contributed by atoms with van der Waals surface area (Å²) < 4.78 is 1.95. The molecular formula is C17H14ClN3OS. The Labute approximate surface area is 142 Å². The van der Waals surface area contributed by atoms with E-state index in [1.807, 2.05) is 64.9 Å². The molecule has 4 nitrogen and oxygen atoms in total. The lowest BCUT2D eigenvalue weighted by molar-refractivity contribution is 0.406. The van der Waals surface area contributed by atoms with Crippen LogP contribution in [-0.2, 0) is 0 Å². The van der Waals surface area contributed by atoms with Crippen molar-refractivity contribution in [2.45, 2.75) is 6.04 Å². The molecule has 0 unspecified atom stereocenters. The molecule has 1 aromatic heterocycles. The van der Waals surface area contributed by atoms with Crippen molar-refractivity contribution in [3.8, 4) is 5.88 Å². The normalized spacial score (nSPS) is 15.3. The van der Waals surface area contributed by atoms with E-state index < -0.39 is 0 Å². The van der Waals surface area contributed by atoms with Gasteiger partial charge < -0.3 is 9.67 Å². The number of aromatic hydroxyl groups is 1. The van der Waals surface area contributed by atoms with Gasteiger partial charge in [-0.1, -0.05) is 29.8 Å². The molecule has 1 aliphatic rings. The molecule has 0 radical (unpaired) electrons. The zero-order valence-electron chi connectivity index (χ0n) is 12.2. The van der Waals surface area contributed by atoms with Gasteiger partial charge in [-0.2, -0.15) is 16.9 Å². The maximum Gasteiger partial charge on any atom is 0.221 e. The van der Waals surface area contributed by atoms with Gasteiger partial charge in [0.15, 0.2) is 5.69 Å². The molecule has 4 rings (SSSR count). The van der Waals surface area contributed by atoms with E-state index in [4.69, 9.17) is 11.6 Å². The zero-order chi connectivity index (χ0) is 15.8. The minimum absolute atomic E-state index is 0.159. The number of rotatable bonds is 3. The molecule has 6 heteroatoms. The fourth-order valence-corrected chi connectivity index (χ4v) is 3.62. The highest BCUT2D eigenvalue weighted by atomic mass is 35.5. The Morgan fingerprint density at radius 2 is 1.87 bits per heavy atom. The molecule has 1 aliphatic heterocycles. The Kier molecular flexibility index (Phi) is 3.75. The van der Waals surface area contributed by atoms with Crippen LogP contribution in [0.25, 0.3) is 10.9 Å². The summed E-state index contributed by atoms with van der Waals surface area (Å²) in [5.41, 5.74) is 2.16. The molecule has 116 valence electrons. The summed E-state index contributed by atoms with van der Waals surface area (Å²) in [4.78, 5) is 0. The predicted octanol–water partition coefficient (Wildman–Crippen LogP) is 5.70. The summed E-state index contributed by atoms with van der Waals surface area (Å²) >= 11 is 8.00. The van der Waals surface area contributed by atoms with E-state index in [0.29, 0.717) is 16.8 Å². The lowest BCUT2D eigenvalue weighted by Crippen LogP contribution is -2.22.